The second-order valence-corrected chi connectivity index (χ2v) is 14.5. The van der Waals surface area contributed by atoms with Crippen molar-refractivity contribution in [3.05, 3.63) is 116 Å². The third kappa shape index (κ3) is 5.11. The van der Waals surface area contributed by atoms with Crippen molar-refractivity contribution in [1.82, 2.24) is 14.5 Å². The van der Waals surface area contributed by atoms with Gasteiger partial charge in [-0.3, -0.25) is 4.98 Å². The third-order valence-corrected chi connectivity index (χ3v) is 10.7. The molecule has 0 unspecified atom stereocenters. The molecule has 4 aliphatic rings. The molecular formula is C41H38N5OPt-3. The van der Waals surface area contributed by atoms with Gasteiger partial charge in [-0.25, -0.2) is 4.98 Å². The molecule has 3 fully saturated rings. The zero-order valence-electron chi connectivity index (χ0n) is 27.5. The van der Waals surface area contributed by atoms with Crippen LogP contribution in [0.5, 0.6) is 11.5 Å². The van der Waals surface area contributed by atoms with Crippen LogP contribution in [0.4, 0.5) is 17.1 Å². The van der Waals surface area contributed by atoms with Gasteiger partial charge in [0.2, 0.25) is 0 Å². The molecule has 3 saturated carbocycles. The maximum absolute atomic E-state index is 6.52. The topological polar surface area (TPSA) is 46.4 Å². The zero-order chi connectivity index (χ0) is 31.8. The number of rotatable bonds is 5. The summed E-state index contributed by atoms with van der Waals surface area (Å²) in [5, 5.41) is 2.27. The van der Waals surface area contributed by atoms with Crippen LogP contribution in [0.1, 0.15) is 64.9 Å². The Kier molecular flexibility index (Phi) is 7.63. The van der Waals surface area contributed by atoms with Gasteiger partial charge >= 0.3 is 0 Å². The van der Waals surface area contributed by atoms with Crippen LogP contribution < -0.4 is 14.5 Å². The van der Waals surface area contributed by atoms with Crippen molar-refractivity contribution in [3.63, 3.8) is 0 Å². The van der Waals surface area contributed by atoms with E-state index in [4.69, 9.17) is 9.72 Å². The van der Waals surface area contributed by atoms with Gasteiger partial charge in [0.1, 0.15) is 5.82 Å². The van der Waals surface area contributed by atoms with E-state index in [1.165, 1.54) is 49.8 Å². The Morgan fingerprint density at radius 3 is 2.44 bits per heavy atom. The smallest absolute Gasteiger partial charge is 0.135 e. The van der Waals surface area contributed by atoms with Gasteiger partial charge in [0.05, 0.1) is 0 Å². The number of ether oxygens (including phenoxy) is 1. The van der Waals surface area contributed by atoms with Gasteiger partial charge < -0.3 is 19.1 Å². The number of fused-ring (bicyclic) bond motifs is 7. The summed E-state index contributed by atoms with van der Waals surface area (Å²) in [7, 11) is 0. The molecule has 0 atom stereocenters. The first-order chi connectivity index (χ1) is 22.9. The van der Waals surface area contributed by atoms with Gasteiger partial charge in [0.15, 0.2) is 0 Å². The summed E-state index contributed by atoms with van der Waals surface area (Å²) in [5.41, 5.74) is 6.71. The molecule has 1 aliphatic heterocycles. The number of aromatic nitrogens is 3. The number of pyridine rings is 2. The van der Waals surface area contributed by atoms with E-state index in [2.05, 4.69) is 114 Å². The normalized spacial score (nSPS) is 20.3. The first-order valence-corrected chi connectivity index (χ1v) is 16.9. The van der Waals surface area contributed by atoms with Gasteiger partial charge in [0, 0.05) is 73.6 Å². The molecule has 0 radical (unpaired) electrons. The maximum atomic E-state index is 6.52. The van der Waals surface area contributed by atoms with Crippen molar-refractivity contribution in [2.45, 2.75) is 70.3 Å². The van der Waals surface area contributed by atoms with Crippen LogP contribution in [0.2, 0.25) is 0 Å². The Labute approximate surface area is 297 Å². The Morgan fingerprint density at radius 1 is 0.833 bits per heavy atom. The van der Waals surface area contributed by atoms with Crippen molar-refractivity contribution in [2.75, 3.05) is 9.80 Å². The molecule has 48 heavy (non-hydrogen) atoms. The Morgan fingerprint density at radius 2 is 1.62 bits per heavy atom. The second-order valence-electron chi connectivity index (χ2n) is 14.5. The summed E-state index contributed by atoms with van der Waals surface area (Å²) < 4.78 is 8.72. The minimum Gasteiger partial charge on any atom is -0.509 e. The first-order valence-electron chi connectivity index (χ1n) is 16.9. The van der Waals surface area contributed by atoms with Gasteiger partial charge in [-0.2, -0.15) is 18.8 Å². The van der Waals surface area contributed by atoms with E-state index >= 15 is 0 Å². The van der Waals surface area contributed by atoms with E-state index in [1.54, 1.807) is 0 Å². The molecule has 0 amide bonds. The Bertz CT molecular complexity index is 2130. The molecule has 6 nitrogen and oxygen atoms in total. The van der Waals surface area contributed by atoms with E-state index in [0.29, 0.717) is 11.5 Å². The quantitative estimate of drug-likeness (QED) is 0.162. The van der Waals surface area contributed by atoms with E-state index in [-0.39, 0.29) is 32.0 Å². The molecule has 6 aromatic rings. The van der Waals surface area contributed by atoms with E-state index in [1.807, 2.05) is 36.8 Å². The van der Waals surface area contributed by atoms with Crippen molar-refractivity contribution in [1.29, 1.82) is 0 Å². The number of benzene rings is 3. The van der Waals surface area contributed by atoms with Crippen LogP contribution in [0.3, 0.4) is 0 Å². The minimum atomic E-state index is 0. The third-order valence-electron chi connectivity index (χ3n) is 10.7. The fraction of sp³-hybridized carbons (Fsp3) is 0.293. The SMILES string of the molecule is CC(C)(C)c1ccnc(-n2c3[c-]c(Oc4[c-]c(N5[CH-]N(C67CCC(CC6)CC7)c6cnccc65)ccc4)ccc3c3ccccc32)c1.[Pt]. The molecule has 4 heterocycles. The van der Waals surface area contributed by atoms with E-state index in [9.17, 15) is 0 Å². The molecule has 7 heteroatoms. The summed E-state index contributed by atoms with van der Waals surface area (Å²) in [6.07, 6.45) is 13.5. The summed E-state index contributed by atoms with van der Waals surface area (Å²) in [4.78, 5) is 14.1. The Hall–Kier alpha value is -4.15. The van der Waals surface area contributed by atoms with Gasteiger partial charge in [-0.05, 0) is 85.1 Å². The van der Waals surface area contributed by atoms with Crippen molar-refractivity contribution >= 4 is 38.9 Å². The molecule has 10 rings (SSSR count). The zero-order valence-corrected chi connectivity index (χ0v) is 29.8. The molecule has 2 bridgehead atoms. The first kappa shape index (κ1) is 31.1. The average Bonchev–Trinajstić information content (AvgIpc) is 3.66. The number of anilines is 3. The molecule has 3 aliphatic carbocycles. The molecule has 0 N–H and O–H groups in total. The molecule has 3 aromatic carbocycles. The molecule has 3 aromatic heterocycles. The molecular weight excluding hydrogens is 774 g/mol. The van der Waals surface area contributed by atoms with Gasteiger partial charge in [-0.1, -0.05) is 44.5 Å². The molecule has 0 saturated heterocycles. The van der Waals surface area contributed by atoms with Crippen LogP contribution in [0.25, 0.3) is 27.6 Å². The summed E-state index contributed by atoms with van der Waals surface area (Å²) in [6, 6.07) is 32.3. The predicted octanol–water partition coefficient (Wildman–Crippen LogP) is 10.1. The number of hydrogen-bond donors (Lipinski definition) is 0. The van der Waals surface area contributed by atoms with Crippen LogP contribution in [0.15, 0.2) is 91.4 Å². The van der Waals surface area contributed by atoms with Crippen molar-refractivity contribution in [2.24, 2.45) is 5.92 Å². The summed E-state index contributed by atoms with van der Waals surface area (Å²) in [5.74, 6) is 3.07. The standard InChI is InChI=1S/C41H38N5O.Pt/c1-40(2,3)29-16-22-43-39(23-29)46-35-10-5-4-9-33(35)34-12-11-32(25-37(34)46)47-31-8-6-7-30(24-31)44-27-45(38-26-42-21-17-36(38)44)41-18-13-28(14-19-41)15-20-41;/h4-12,16-17,21-23,26-28H,13-15,18-20H2,1-3H3;/q-3;. The van der Waals surface area contributed by atoms with Crippen LogP contribution in [-0.4, -0.2) is 20.1 Å². The Balaban J connectivity index is 0.00000336. The largest absolute Gasteiger partial charge is 0.509 e. The van der Waals surface area contributed by atoms with E-state index < -0.39 is 0 Å². The van der Waals surface area contributed by atoms with Gasteiger partial charge in [0.25, 0.3) is 0 Å². The summed E-state index contributed by atoms with van der Waals surface area (Å²) >= 11 is 0. The second kappa shape index (κ2) is 11.8. The van der Waals surface area contributed by atoms with Crippen LogP contribution >= 0.6 is 0 Å². The predicted molar refractivity (Wildman–Crippen MR) is 189 cm³/mol. The molecule has 246 valence electrons. The summed E-state index contributed by atoms with van der Waals surface area (Å²) in [6.45, 7) is 8.97. The fourth-order valence-electron chi connectivity index (χ4n) is 8.10. The van der Waals surface area contributed by atoms with E-state index in [0.717, 1.165) is 44.9 Å². The van der Waals surface area contributed by atoms with Crippen LogP contribution in [0, 0.1) is 24.7 Å². The number of nitrogens with zero attached hydrogens (tertiary/aromatic N) is 5. The monoisotopic (exact) mass is 811 g/mol. The molecule has 0 spiro atoms. The van der Waals surface area contributed by atoms with Crippen LogP contribution in [-0.2, 0) is 26.5 Å². The maximum Gasteiger partial charge on any atom is 0.135 e. The number of hydrogen-bond acceptors (Lipinski definition) is 5. The van der Waals surface area contributed by atoms with Crippen molar-refractivity contribution < 1.29 is 25.8 Å². The van der Waals surface area contributed by atoms with Crippen molar-refractivity contribution in [3.8, 4) is 17.3 Å². The minimum absolute atomic E-state index is 0. The number of para-hydroxylation sites is 1. The average molecular weight is 812 g/mol. The van der Waals surface area contributed by atoms with Gasteiger partial charge in [-0.15, -0.1) is 41.4 Å². The fourth-order valence-corrected chi connectivity index (χ4v) is 8.10.